The summed E-state index contributed by atoms with van der Waals surface area (Å²) in [6, 6.07) is 14.8. The van der Waals surface area contributed by atoms with E-state index in [9.17, 15) is 13.2 Å². The first kappa shape index (κ1) is 19.3. The Labute approximate surface area is 153 Å². The second-order valence-electron chi connectivity index (χ2n) is 5.75. The van der Waals surface area contributed by atoms with Crippen LogP contribution in [0.15, 0.2) is 48.5 Å². The Kier molecular flexibility index (Phi) is 6.90. The molecule has 1 amide bonds. The first-order chi connectivity index (χ1) is 11.8. The molecule has 5 nitrogen and oxygen atoms in total. The van der Waals surface area contributed by atoms with Gasteiger partial charge in [-0.05, 0) is 30.7 Å². The summed E-state index contributed by atoms with van der Waals surface area (Å²) >= 11 is 1.75. The summed E-state index contributed by atoms with van der Waals surface area (Å²) in [5.74, 6) is 1.50. The lowest BCUT2D eigenvalue weighted by Crippen LogP contribution is -2.25. The lowest BCUT2D eigenvalue weighted by Gasteiger charge is -2.08. The monoisotopic (exact) mass is 378 g/mol. The third kappa shape index (κ3) is 7.19. The van der Waals surface area contributed by atoms with Crippen LogP contribution in [0.3, 0.4) is 0 Å². The predicted molar refractivity (Wildman–Crippen MR) is 105 cm³/mol. The molecule has 2 aromatic carbocycles. The number of sulfonamides is 1. The molecule has 2 aromatic rings. The molecule has 0 aliphatic heterocycles. The van der Waals surface area contributed by atoms with E-state index in [1.807, 2.05) is 0 Å². The van der Waals surface area contributed by atoms with Gasteiger partial charge in [-0.2, -0.15) is 11.8 Å². The second-order valence-corrected chi connectivity index (χ2v) is 8.60. The van der Waals surface area contributed by atoms with E-state index >= 15 is 0 Å². The van der Waals surface area contributed by atoms with Crippen LogP contribution in [-0.4, -0.2) is 32.9 Å². The minimum absolute atomic E-state index is 0.215. The maximum Gasteiger partial charge on any atom is 0.251 e. The minimum atomic E-state index is -3.36. The molecule has 0 fully saturated rings. The van der Waals surface area contributed by atoms with Gasteiger partial charge in [0.2, 0.25) is 10.0 Å². The van der Waals surface area contributed by atoms with Crippen molar-refractivity contribution in [2.45, 2.75) is 12.7 Å². The highest BCUT2D eigenvalue weighted by atomic mass is 32.2. The SMILES string of the molecule is Cc1ccc(CSCCNC(=O)c2cccc(NS(C)(=O)=O)c2)cc1. The maximum atomic E-state index is 12.1. The van der Waals surface area contributed by atoms with Crippen molar-refractivity contribution in [3.8, 4) is 0 Å². The predicted octanol–water partition coefficient (Wildman–Crippen LogP) is 3.03. The molecule has 0 atom stereocenters. The number of anilines is 1. The Morgan fingerprint density at radius 3 is 2.52 bits per heavy atom. The molecule has 2 N–H and O–H groups in total. The van der Waals surface area contributed by atoms with Gasteiger partial charge in [-0.3, -0.25) is 9.52 Å². The molecule has 0 spiro atoms. The molecule has 0 heterocycles. The molecule has 0 saturated heterocycles. The Morgan fingerprint density at radius 2 is 1.84 bits per heavy atom. The van der Waals surface area contributed by atoms with Crippen LogP contribution in [0.2, 0.25) is 0 Å². The summed E-state index contributed by atoms with van der Waals surface area (Å²) in [6.45, 7) is 2.62. The molecule has 0 aromatic heterocycles. The summed E-state index contributed by atoms with van der Waals surface area (Å²) in [7, 11) is -3.36. The van der Waals surface area contributed by atoms with Gasteiger partial charge in [0, 0.05) is 29.3 Å². The second kappa shape index (κ2) is 8.92. The molecule has 0 aliphatic rings. The molecule has 0 bridgehead atoms. The molecule has 0 unspecified atom stereocenters. The van der Waals surface area contributed by atoms with E-state index in [0.717, 1.165) is 17.8 Å². The number of hydrogen-bond acceptors (Lipinski definition) is 4. The highest BCUT2D eigenvalue weighted by Gasteiger charge is 2.08. The van der Waals surface area contributed by atoms with Gasteiger partial charge in [0.1, 0.15) is 0 Å². The van der Waals surface area contributed by atoms with Crippen LogP contribution in [0.1, 0.15) is 21.5 Å². The highest BCUT2D eigenvalue weighted by Crippen LogP contribution is 2.13. The van der Waals surface area contributed by atoms with Crippen molar-refractivity contribution in [1.29, 1.82) is 0 Å². The number of carbonyl (C=O) groups is 1. The minimum Gasteiger partial charge on any atom is -0.351 e. The largest absolute Gasteiger partial charge is 0.351 e. The summed E-state index contributed by atoms with van der Waals surface area (Å²) in [5, 5.41) is 2.85. The topological polar surface area (TPSA) is 75.3 Å². The lowest BCUT2D eigenvalue weighted by molar-refractivity contribution is 0.0956. The molecule has 0 aliphatic carbocycles. The summed E-state index contributed by atoms with van der Waals surface area (Å²) < 4.78 is 24.9. The van der Waals surface area contributed by atoms with Gasteiger partial charge in [-0.25, -0.2) is 8.42 Å². The van der Waals surface area contributed by atoms with Gasteiger partial charge < -0.3 is 5.32 Å². The number of carbonyl (C=O) groups excluding carboxylic acids is 1. The average molecular weight is 379 g/mol. The molecule has 7 heteroatoms. The van der Waals surface area contributed by atoms with Crippen molar-refractivity contribution < 1.29 is 13.2 Å². The van der Waals surface area contributed by atoms with E-state index in [-0.39, 0.29) is 5.91 Å². The average Bonchev–Trinajstić information content (AvgIpc) is 2.55. The molecule has 0 saturated carbocycles. The van der Waals surface area contributed by atoms with Crippen LogP contribution in [0, 0.1) is 6.92 Å². The smallest absolute Gasteiger partial charge is 0.251 e. The number of rotatable bonds is 8. The highest BCUT2D eigenvalue weighted by molar-refractivity contribution is 7.98. The summed E-state index contributed by atoms with van der Waals surface area (Å²) in [6.07, 6.45) is 1.07. The van der Waals surface area contributed by atoms with Crippen molar-refractivity contribution in [3.63, 3.8) is 0 Å². The molecule has 0 radical (unpaired) electrons. The van der Waals surface area contributed by atoms with E-state index < -0.39 is 10.0 Å². The van der Waals surface area contributed by atoms with Gasteiger partial charge in [0.25, 0.3) is 5.91 Å². The first-order valence-electron chi connectivity index (χ1n) is 7.83. The van der Waals surface area contributed by atoms with Crippen molar-refractivity contribution in [2.24, 2.45) is 0 Å². The third-order valence-corrected chi connectivity index (χ3v) is 4.99. The number of aryl methyl sites for hydroxylation is 1. The number of thioether (sulfide) groups is 1. The van der Waals surface area contributed by atoms with Crippen molar-refractivity contribution in [1.82, 2.24) is 5.32 Å². The number of benzene rings is 2. The zero-order valence-electron chi connectivity index (χ0n) is 14.3. The quantitative estimate of drug-likeness (QED) is 0.693. The normalized spacial score (nSPS) is 11.1. The zero-order chi connectivity index (χ0) is 18.3. The van der Waals surface area contributed by atoms with Crippen LogP contribution in [0.25, 0.3) is 0 Å². The van der Waals surface area contributed by atoms with Crippen molar-refractivity contribution in [2.75, 3.05) is 23.3 Å². The van der Waals surface area contributed by atoms with Crippen LogP contribution in [-0.2, 0) is 15.8 Å². The van der Waals surface area contributed by atoms with Crippen LogP contribution < -0.4 is 10.0 Å². The number of hydrogen-bond donors (Lipinski definition) is 2. The third-order valence-electron chi connectivity index (χ3n) is 3.35. The van der Waals surface area contributed by atoms with E-state index in [0.29, 0.717) is 17.8 Å². The summed E-state index contributed by atoms with van der Waals surface area (Å²) in [5.41, 5.74) is 3.32. The maximum absolute atomic E-state index is 12.1. The Morgan fingerprint density at radius 1 is 1.12 bits per heavy atom. The van der Waals surface area contributed by atoms with Crippen LogP contribution >= 0.6 is 11.8 Å². The van der Waals surface area contributed by atoms with E-state index in [4.69, 9.17) is 0 Å². The van der Waals surface area contributed by atoms with Crippen LogP contribution in [0.5, 0.6) is 0 Å². The van der Waals surface area contributed by atoms with E-state index in [1.54, 1.807) is 30.0 Å². The van der Waals surface area contributed by atoms with Gasteiger partial charge in [-0.15, -0.1) is 0 Å². The summed E-state index contributed by atoms with van der Waals surface area (Å²) in [4.78, 5) is 12.1. The van der Waals surface area contributed by atoms with Crippen molar-refractivity contribution >= 4 is 33.4 Å². The van der Waals surface area contributed by atoms with Gasteiger partial charge >= 0.3 is 0 Å². The Balaban J connectivity index is 1.76. The molecule has 134 valence electrons. The first-order valence-corrected chi connectivity index (χ1v) is 10.9. The molecular formula is C18H22N2O3S2. The fraction of sp³-hybridized carbons (Fsp3) is 0.278. The van der Waals surface area contributed by atoms with Crippen molar-refractivity contribution in [3.05, 3.63) is 65.2 Å². The van der Waals surface area contributed by atoms with Gasteiger partial charge in [-0.1, -0.05) is 35.9 Å². The van der Waals surface area contributed by atoms with Gasteiger partial charge in [0.15, 0.2) is 0 Å². The van der Waals surface area contributed by atoms with E-state index in [1.165, 1.54) is 17.2 Å². The number of nitrogens with one attached hydrogen (secondary N) is 2. The standard InChI is InChI=1S/C18H22N2O3S2/c1-14-6-8-15(9-7-14)13-24-11-10-19-18(21)16-4-3-5-17(12-16)20-25(2,22)23/h3-9,12,20H,10-11,13H2,1-2H3,(H,19,21). The zero-order valence-corrected chi connectivity index (χ0v) is 15.9. The van der Waals surface area contributed by atoms with Gasteiger partial charge in [0.05, 0.1) is 6.26 Å². The molecule has 25 heavy (non-hydrogen) atoms. The molecule has 2 rings (SSSR count). The molecular weight excluding hydrogens is 356 g/mol. The lowest BCUT2D eigenvalue weighted by atomic mass is 10.2. The number of amides is 1. The fourth-order valence-corrected chi connectivity index (χ4v) is 3.53. The van der Waals surface area contributed by atoms with E-state index in [2.05, 4.69) is 41.2 Å². The fourth-order valence-electron chi connectivity index (χ4n) is 2.15. The van der Waals surface area contributed by atoms with Crippen LogP contribution in [0.4, 0.5) is 5.69 Å². The Bertz CT molecular complexity index is 818. The Hall–Kier alpha value is -1.99.